The number of hydrogen-bond donors (Lipinski definition) is 0. The smallest absolute Gasteiger partial charge is 0.314 e. The predicted molar refractivity (Wildman–Crippen MR) is 72.5 cm³/mol. The van der Waals surface area contributed by atoms with Crippen molar-refractivity contribution in [3.63, 3.8) is 0 Å². The zero-order valence-electron chi connectivity index (χ0n) is 11.6. The van der Waals surface area contributed by atoms with Crippen molar-refractivity contribution in [2.45, 2.75) is 39.0 Å². The van der Waals surface area contributed by atoms with Crippen molar-refractivity contribution in [2.24, 2.45) is 11.8 Å². The molecule has 1 aromatic carbocycles. The van der Waals surface area contributed by atoms with Gasteiger partial charge in [-0.2, -0.15) is 5.26 Å². The Morgan fingerprint density at radius 1 is 1.40 bits per heavy atom. The van der Waals surface area contributed by atoms with Crippen molar-refractivity contribution in [3.05, 3.63) is 29.6 Å². The van der Waals surface area contributed by atoms with Gasteiger partial charge in [0.25, 0.3) is 0 Å². The fourth-order valence-electron chi connectivity index (χ4n) is 2.66. The molecule has 0 aromatic heterocycles. The molecule has 0 spiro atoms. The van der Waals surface area contributed by atoms with Gasteiger partial charge in [0.1, 0.15) is 17.6 Å². The molecule has 1 aliphatic rings. The van der Waals surface area contributed by atoms with Gasteiger partial charge in [-0.05, 0) is 43.7 Å². The number of nitriles is 1. The van der Waals surface area contributed by atoms with E-state index in [-0.39, 0.29) is 23.2 Å². The summed E-state index contributed by atoms with van der Waals surface area (Å²) in [4.78, 5) is 12.0. The van der Waals surface area contributed by atoms with Crippen LogP contribution in [0.3, 0.4) is 0 Å². The zero-order chi connectivity index (χ0) is 14.5. The lowest BCUT2D eigenvalue weighted by molar-refractivity contribution is -0.140. The Hall–Kier alpha value is -1.89. The third-order valence-corrected chi connectivity index (χ3v) is 4.04. The topological polar surface area (TPSA) is 50.1 Å². The van der Waals surface area contributed by atoms with Crippen LogP contribution in [0.25, 0.3) is 0 Å². The van der Waals surface area contributed by atoms with Crippen molar-refractivity contribution in [1.82, 2.24) is 0 Å². The van der Waals surface area contributed by atoms with E-state index in [2.05, 4.69) is 6.92 Å². The van der Waals surface area contributed by atoms with Gasteiger partial charge < -0.3 is 4.74 Å². The Kier molecular flexibility index (Phi) is 4.73. The lowest BCUT2D eigenvalue weighted by Gasteiger charge is -2.26. The van der Waals surface area contributed by atoms with E-state index < -0.39 is 5.82 Å². The Labute approximate surface area is 118 Å². The quantitative estimate of drug-likeness (QED) is 0.622. The maximum atomic E-state index is 13.4. The van der Waals surface area contributed by atoms with Gasteiger partial charge in [0.15, 0.2) is 0 Å². The fourth-order valence-corrected chi connectivity index (χ4v) is 2.66. The second kappa shape index (κ2) is 6.51. The highest BCUT2D eigenvalue weighted by molar-refractivity contribution is 5.75. The van der Waals surface area contributed by atoms with Crippen LogP contribution in [0.5, 0.6) is 5.75 Å². The third-order valence-electron chi connectivity index (χ3n) is 4.04. The third kappa shape index (κ3) is 3.36. The van der Waals surface area contributed by atoms with E-state index in [0.29, 0.717) is 5.92 Å². The van der Waals surface area contributed by atoms with Gasteiger partial charge in [0.2, 0.25) is 0 Å². The van der Waals surface area contributed by atoms with E-state index in [0.717, 1.165) is 38.2 Å². The second-order valence-corrected chi connectivity index (χ2v) is 5.30. The zero-order valence-corrected chi connectivity index (χ0v) is 11.6. The molecule has 1 saturated carbocycles. The lowest BCUT2D eigenvalue weighted by Crippen LogP contribution is -2.25. The molecule has 4 heteroatoms. The van der Waals surface area contributed by atoms with Gasteiger partial charge in [-0.3, -0.25) is 4.79 Å². The summed E-state index contributed by atoms with van der Waals surface area (Å²) < 4.78 is 18.6. The van der Waals surface area contributed by atoms with E-state index in [1.165, 1.54) is 12.1 Å². The van der Waals surface area contributed by atoms with Crippen molar-refractivity contribution in [1.29, 1.82) is 5.26 Å². The summed E-state index contributed by atoms with van der Waals surface area (Å²) in [5.41, 5.74) is -0.0479. The first kappa shape index (κ1) is 14.5. The van der Waals surface area contributed by atoms with E-state index in [4.69, 9.17) is 10.00 Å². The number of esters is 1. The number of rotatable bonds is 3. The molecule has 0 radical (unpaired) electrons. The summed E-state index contributed by atoms with van der Waals surface area (Å²) >= 11 is 0. The summed E-state index contributed by atoms with van der Waals surface area (Å²) in [6.45, 7) is 2.17. The number of benzene rings is 1. The summed E-state index contributed by atoms with van der Waals surface area (Å²) in [7, 11) is 0. The summed E-state index contributed by atoms with van der Waals surface area (Å²) in [6, 6.07) is 5.61. The molecule has 106 valence electrons. The molecule has 1 aliphatic carbocycles. The van der Waals surface area contributed by atoms with Gasteiger partial charge in [-0.1, -0.05) is 13.3 Å². The molecular formula is C16H18FNO2. The molecule has 0 aliphatic heterocycles. The summed E-state index contributed by atoms with van der Waals surface area (Å²) in [5.74, 6) is -0.150. The summed E-state index contributed by atoms with van der Waals surface area (Å²) in [5, 5.41) is 8.65. The van der Waals surface area contributed by atoms with Crippen LogP contribution in [0.4, 0.5) is 4.39 Å². The van der Waals surface area contributed by atoms with E-state index in [1.807, 2.05) is 0 Å². The van der Waals surface area contributed by atoms with Crippen molar-refractivity contribution < 1.29 is 13.9 Å². The molecule has 2 rings (SSSR count). The number of hydrogen-bond acceptors (Lipinski definition) is 3. The van der Waals surface area contributed by atoms with Crippen molar-refractivity contribution >= 4 is 5.97 Å². The SMILES string of the molecule is CC[C@H]1CC[C@H](C(=O)Oc2ccc(C#N)c(F)c2)CC1. The maximum absolute atomic E-state index is 13.4. The molecule has 0 N–H and O–H groups in total. The Morgan fingerprint density at radius 3 is 2.65 bits per heavy atom. The first-order valence-corrected chi connectivity index (χ1v) is 7.05. The number of ether oxygens (including phenoxy) is 1. The maximum Gasteiger partial charge on any atom is 0.314 e. The monoisotopic (exact) mass is 275 g/mol. The fraction of sp³-hybridized carbons (Fsp3) is 0.500. The Morgan fingerprint density at radius 2 is 2.10 bits per heavy atom. The van der Waals surface area contributed by atoms with E-state index in [9.17, 15) is 9.18 Å². The van der Waals surface area contributed by atoms with Crippen LogP contribution in [0.2, 0.25) is 0 Å². The normalized spacial score (nSPS) is 22.1. The molecule has 0 atom stereocenters. The average Bonchev–Trinajstić information content (AvgIpc) is 2.47. The molecule has 3 nitrogen and oxygen atoms in total. The summed E-state index contributed by atoms with van der Waals surface area (Å²) in [6.07, 6.45) is 4.95. The van der Waals surface area contributed by atoms with Crippen LogP contribution in [0.1, 0.15) is 44.6 Å². The van der Waals surface area contributed by atoms with Crippen LogP contribution in [0, 0.1) is 29.0 Å². The van der Waals surface area contributed by atoms with Crippen molar-refractivity contribution in [3.8, 4) is 11.8 Å². The van der Waals surface area contributed by atoms with Gasteiger partial charge >= 0.3 is 5.97 Å². The number of halogens is 1. The number of nitrogens with zero attached hydrogens (tertiary/aromatic N) is 1. The van der Waals surface area contributed by atoms with Gasteiger partial charge in [0, 0.05) is 6.07 Å². The standard InChI is InChI=1S/C16H18FNO2/c1-2-11-3-5-12(6-4-11)16(19)20-14-8-7-13(10-18)15(17)9-14/h7-9,11-12H,2-6H2,1H3/t11-,12-. The predicted octanol–water partition coefficient (Wildman–Crippen LogP) is 3.82. The molecule has 20 heavy (non-hydrogen) atoms. The van der Waals surface area contributed by atoms with Crippen LogP contribution in [-0.2, 0) is 4.79 Å². The minimum absolute atomic E-state index is 0.0479. The molecule has 0 bridgehead atoms. The first-order chi connectivity index (χ1) is 9.63. The molecular weight excluding hydrogens is 257 g/mol. The van der Waals surface area contributed by atoms with Gasteiger partial charge in [0.05, 0.1) is 11.5 Å². The molecule has 0 saturated heterocycles. The molecule has 0 amide bonds. The molecule has 0 heterocycles. The molecule has 1 fully saturated rings. The number of carbonyl (C=O) groups is 1. The lowest BCUT2D eigenvalue weighted by atomic mass is 9.81. The largest absolute Gasteiger partial charge is 0.426 e. The molecule has 0 unspecified atom stereocenters. The van der Waals surface area contributed by atoms with Crippen LogP contribution in [0.15, 0.2) is 18.2 Å². The highest BCUT2D eigenvalue weighted by atomic mass is 19.1. The van der Waals surface area contributed by atoms with Crippen LogP contribution < -0.4 is 4.74 Å². The van der Waals surface area contributed by atoms with Crippen molar-refractivity contribution in [2.75, 3.05) is 0 Å². The van der Waals surface area contributed by atoms with Gasteiger partial charge in [-0.15, -0.1) is 0 Å². The second-order valence-electron chi connectivity index (χ2n) is 5.30. The highest BCUT2D eigenvalue weighted by Gasteiger charge is 2.27. The first-order valence-electron chi connectivity index (χ1n) is 7.05. The average molecular weight is 275 g/mol. The molecule has 1 aromatic rings. The number of carbonyl (C=O) groups excluding carboxylic acids is 1. The Bertz CT molecular complexity index is 528. The van der Waals surface area contributed by atoms with E-state index in [1.54, 1.807) is 6.07 Å². The minimum atomic E-state index is -0.660. The Balaban J connectivity index is 1.95. The highest BCUT2D eigenvalue weighted by Crippen LogP contribution is 2.31. The van der Waals surface area contributed by atoms with Crippen LogP contribution in [-0.4, -0.2) is 5.97 Å². The van der Waals surface area contributed by atoms with Gasteiger partial charge in [-0.25, -0.2) is 4.39 Å². The van der Waals surface area contributed by atoms with Crippen LogP contribution >= 0.6 is 0 Å². The van der Waals surface area contributed by atoms with E-state index >= 15 is 0 Å². The minimum Gasteiger partial charge on any atom is -0.426 e.